The molecule has 2 N–H and O–H groups in total. The summed E-state index contributed by atoms with van der Waals surface area (Å²) in [6.45, 7) is 3.92. The fourth-order valence-corrected chi connectivity index (χ4v) is 2.58. The van der Waals surface area contributed by atoms with Crippen molar-refractivity contribution in [3.8, 4) is 5.75 Å². The Morgan fingerprint density at radius 1 is 1.20 bits per heavy atom. The van der Waals surface area contributed by atoms with Crippen LogP contribution >= 0.6 is 11.6 Å². The van der Waals surface area contributed by atoms with Crippen LogP contribution in [-0.4, -0.2) is 7.11 Å². The van der Waals surface area contributed by atoms with Gasteiger partial charge in [0.05, 0.1) is 13.2 Å². The van der Waals surface area contributed by atoms with E-state index in [-0.39, 0.29) is 0 Å². The van der Waals surface area contributed by atoms with Crippen molar-refractivity contribution in [3.63, 3.8) is 0 Å². The maximum atomic E-state index is 14.0. The smallest absolute Gasteiger partial charge is 0.129 e. The van der Waals surface area contributed by atoms with E-state index in [9.17, 15) is 4.39 Å². The standard InChI is InChI=1S/C16H17ClFNO/c1-9-6-10(2)15(14(7-9)20-3)16(19)12-5-4-11(17)8-13(12)18/h4-8,16H,19H2,1-3H3. The van der Waals surface area contributed by atoms with Crippen molar-refractivity contribution in [2.45, 2.75) is 19.9 Å². The molecule has 0 heterocycles. The molecular weight excluding hydrogens is 277 g/mol. The third-order valence-corrected chi connectivity index (χ3v) is 3.56. The van der Waals surface area contributed by atoms with Crippen molar-refractivity contribution in [2.75, 3.05) is 7.11 Å². The summed E-state index contributed by atoms with van der Waals surface area (Å²) in [6.07, 6.45) is 0. The number of aryl methyl sites for hydroxylation is 2. The summed E-state index contributed by atoms with van der Waals surface area (Å²) in [6, 6.07) is 7.83. The Kier molecular flexibility index (Phi) is 4.31. The van der Waals surface area contributed by atoms with Gasteiger partial charge in [0.2, 0.25) is 0 Å². The number of nitrogens with two attached hydrogens (primary N) is 1. The first-order chi connectivity index (χ1) is 9.43. The number of methoxy groups -OCH3 is 1. The fourth-order valence-electron chi connectivity index (χ4n) is 2.42. The lowest BCUT2D eigenvalue weighted by molar-refractivity contribution is 0.406. The number of halogens is 2. The van der Waals surface area contributed by atoms with Gasteiger partial charge >= 0.3 is 0 Å². The predicted molar refractivity (Wildman–Crippen MR) is 79.9 cm³/mol. The van der Waals surface area contributed by atoms with Crippen molar-refractivity contribution >= 4 is 11.6 Å². The summed E-state index contributed by atoms with van der Waals surface area (Å²) >= 11 is 5.77. The summed E-state index contributed by atoms with van der Waals surface area (Å²) in [5.74, 6) is 0.261. The molecule has 0 aliphatic carbocycles. The SMILES string of the molecule is COc1cc(C)cc(C)c1C(N)c1ccc(Cl)cc1F. The molecule has 0 fully saturated rings. The van der Waals surface area contributed by atoms with Crippen LogP contribution in [0.15, 0.2) is 30.3 Å². The third-order valence-electron chi connectivity index (χ3n) is 3.32. The van der Waals surface area contributed by atoms with Gasteiger partial charge in [-0.25, -0.2) is 4.39 Å². The molecule has 2 rings (SSSR count). The van der Waals surface area contributed by atoms with Crippen LogP contribution in [0.5, 0.6) is 5.75 Å². The average molecular weight is 294 g/mol. The van der Waals surface area contributed by atoms with Crippen molar-refractivity contribution in [3.05, 3.63) is 63.4 Å². The van der Waals surface area contributed by atoms with Crippen LogP contribution < -0.4 is 10.5 Å². The molecule has 1 unspecified atom stereocenters. The first kappa shape index (κ1) is 14.8. The maximum absolute atomic E-state index is 14.0. The predicted octanol–water partition coefficient (Wildman–Crippen LogP) is 4.15. The molecule has 0 aliphatic rings. The lowest BCUT2D eigenvalue weighted by Crippen LogP contribution is -2.16. The van der Waals surface area contributed by atoms with Crippen LogP contribution in [0.25, 0.3) is 0 Å². The second kappa shape index (κ2) is 5.81. The van der Waals surface area contributed by atoms with Crippen LogP contribution in [0, 0.1) is 19.7 Å². The van der Waals surface area contributed by atoms with E-state index in [2.05, 4.69) is 0 Å². The molecule has 0 amide bonds. The summed E-state index contributed by atoms with van der Waals surface area (Å²) in [7, 11) is 1.59. The normalized spacial score (nSPS) is 12.3. The van der Waals surface area contributed by atoms with E-state index in [1.54, 1.807) is 19.2 Å². The lowest BCUT2D eigenvalue weighted by Gasteiger charge is -2.20. The van der Waals surface area contributed by atoms with E-state index in [0.717, 1.165) is 16.7 Å². The van der Waals surface area contributed by atoms with Gasteiger partial charge in [0, 0.05) is 16.1 Å². The first-order valence-electron chi connectivity index (χ1n) is 6.29. The van der Waals surface area contributed by atoms with E-state index in [0.29, 0.717) is 16.3 Å². The molecule has 0 saturated heterocycles. The highest BCUT2D eigenvalue weighted by Crippen LogP contribution is 2.33. The molecule has 0 bridgehead atoms. The lowest BCUT2D eigenvalue weighted by atomic mass is 9.93. The molecule has 4 heteroatoms. The van der Waals surface area contributed by atoms with Gasteiger partial charge < -0.3 is 10.5 Å². The Morgan fingerprint density at radius 3 is 2.50 bits per heavy atom. The Bertz CT molecular complexity index is 643. The van der Waals surface area contributed by atoms with E-state index in [1.165, 1.54) is 6.07 Å². The molecule has 1 atom stereocenters. The highest BCUT2D eigenvalue weighted by atomic mass is 35.5. The van der Waals surface area contributed by atoms with Crippen LogP contribution in [-0.2, 0) is 0 Å². The van der Waals surface area contributed by atoms with Crippen molar-refractivity contribution < 1.29 is 9.13 Å². The maximum Gasteiger partial charge on any atom is 0.129 e. The van der Waals surface area contributed by atoms with Gasteiger partial charge in [0.1, 0.15) is 11.6 Å². The molecule has 0 saturated carbocycles. The Labute approximate surface area is 123 Å². The molecular formula is C16H17ClFNO. The number of benzene rings is 2. The minimum absolute atomic E-state index is 0.353. The van der Waals surface area contributed by atoms with Gasteiger partial charge in [-0.15, -0.1) is 0 Å². The van der Waals surface area contributed by atoms with Crippen LogP contribution in [0.4, 0.5) is 4.39 Å². The van der Waals surface area contributed by atoms with Crippen molar-refractivity contribution in [1.29, 1.82) is 0 Å². The van der Waals surface area contributed by atoms with Gasteiger partial charge in [-0.05, 0) is 43.2 Å². The second-order valence-electron chi connectivity index (χ2n) is 4.84. The minimum atomic E-state index is -0.595. The molecule has 0 spiro atoms. The zero-order valence-electron chi connectivity index (χ0n) is 11.7. The summed E-state index contributed by atoms with van der Waals surface area (Å²) < 4.78 is 19.4. The number of hydrogen-bond donors (Lipinski definition) is 1. The topological polar surface area (TPSA) is 35.2 Å². The molecule has 2 aromatic carbocycles. The van der Waals surface area contributed by atoms with Gasteiger partial charge in [-0.3, -0.25) is 0 Å². The highest BCUT2D eigenvalue weighted by molar-refractivity contribution is 6.30. The second-order valence-corrected chi connectivity index (χ2v) is 5.28. The molecule has 0 aromatic heterocycles. The number of rotatable bonds is 3. The zero-order valence-corrected chi connectivity index (χ0v) is 12.5. The molecule has 106 valence electrons. The first-order valence-corrected chi connectivity index (χ1v) is 6.67. The Morgan fingerprint density at radius 2 is 1.90 bits per heavy atom. The molecule has 0 aliphatic heterocycles. The summed E-state index contributed by atoms with van der Waals surface area (Å²) in [5.41, 5.74) is 9.48. The van der Waals surface area contributed by atoms with Crippen LogP contribution in [0.3, 0.4) is 0 Å². The highest BCUT2D eigenvalue weighted by Gasteiger charge is 2.20. The summed E-state index contributed by atoms with van der Waals surface area (Å²) in [5, 5.41) is 0.353. The van der Waals surface area contributed by atoms with E-state index in [1.807, 2.05) is 26.0 Å². The molecule has 2 nitrogen and oxygen atoms in total. The third kappa shape index (κ3) is 2.79. The fraction of sp³-hybridized carbons (Fsp3) is 0.250. The Balaban J connectivity index is 2.55. The monoisotopic (exact) mass is 293 g/mol. The van der Waals surface area contributed by atoms with Gasteiger partial charge in [-0.1, -0.05) is 23.7 Å². The average Bonchev–Trinajstić information content (AvgIpc) is 2.37. The largest absolute Gasteiger partial charge is 0.496 e. The van der Waals surface area contributed by atoms with Gasteiger partial charge in [0.15, 0.2) is 0 Å². The Hall–Kier alpha value is -1.58. The minimum Gasteiger partial charge on any atom is -0.496 e. The van der Waals surface area contributed by atoms with Crippen LogP contribution in [0.2, 0.25) is 5.02 Å². The van der Waals surface area contributed by atoms with E-state index >= 15 is 0 Å². The number of ether oxygens (including phenoxy) is 1. The van der Waals surface area contributed by atoms with Crippen molar-refractivity contribution in [2.24, 2.45) is 5.73 Å². The van der Waals surface area contributed by atoms with Gasteiger partial charge in [0.25, 0.3) is 0 Å². The van der Waals surface area contributed by atoms with Gasteiger partial charge in [-0.2, -0.15) is 0 Å². The summed E-state index contributed by atoms with van der Waals surface area (Å²) in [4.78, 5) is 0. The number of hydrogen-bond acceptors (Lipinski definition) is 2. The molecule has 20 heavy (non-hydrogen) atoms. The molecule has 0 radical (unpaired) electrons. The molecule has 2 aromatic rings. The van der Waals surface area contributed by atoms with E-state index < -0.39 is 11.9 Å². The zero-order chi connectivity index (χ0) is 14.9. The van der Waals surface area contributed by atoms with Crippen LogP contribution in [0.1, 0.15) is 28.3 Å². The van der Waals surface area contributed by atoms with E-state index in [4.69, 9.17) is 22.1 Å². The quantitative estimate of drug-likeness (QED) is 0.922. The van der Waals surface area contributed by atoms with Crippen molar-refractivity contribution in [1.82, 2.24) is 0 Å².